The van der Waals surface area contributed by atoms with E-state index >= 15 is 0 Å². The zero-order valence-corrected chi connectivity index (χ0v) is 12.4. The van der Waals surface area contributed by atoms with E-state index in [1.54, 1.807) is 0 Å². The number of aromatic amines is 1. The van der Waals surface area contributed by atoms with Crippen LogP contribution >= 0.6 is 0 Å². The zero-order valence-electron chi connectivity index (χ0n) is 12.4. The summed E-state index contributed by atoms with van der Waals surface area (Å²) in [6.45, 7) is 0. The molecule has 0 aliphatic heterocycles. The van der Waals surface area contributed by atoms with Crippen molar-refractivity contribution in [1.82, 2.24) is 20.4 Å². The van der Waals surface area contributed by atoms with Crippen molar-refractivity contribution in [3.8, 4) is 28.9 Å². The van der Waals surface area contributed by atoms with Gasteiger partial charge in [-0.3, -0.25) is 15.2 Å². The van der Waals surface area contributed by atoms with Crippen molar-refractivity contribution < 1.29 is 27.2 Å². The maximum atomic E-state index is 12.8. The van der Waals surface area contributed by atoms with Crippen molar-refractivity contribution in [1.29, 1.82) is 0 Å². The molecule has 0 bridgehead atoms. The highest BCUT2D eigenvalue weighted by Gasteiger charge is 2.32. The van der Waals surface area contributed by atoms with Gasteiger partial charge in [0.15, 0.2) is 0 Å². The lowest BCUT2D eigenvalue weighted by Crippen LogP contribution is -2.04. The van der Waals surface area contributed by atoms with Crippen LogP contribution in [0.1, 0.15) is 5.56 Å². The third-order valence-corrected chi connectivity index (χ3v) is 3.16. The number of nitro groups is 1. The molecule has 12 heteroatoms. The van der Waals surface area contributed by atoms with E-state index in [4.69, 9.17) is 9.15 Å². The number of rotatable bonds is 4. The molecule has 3 aromatic rings. The van der Waals surface area contributed by atoms with Crippen LogP contribution < -0.4 is 4.74 Å². The molecule has 1 aromatic carbocycles. The quantitative estimate of drug-likeness (QED) is 0.564. The Kier molecular flexibility index (Phi) is 3.87. The van der Waals surface area contributed by atoms with Crippen molar-refractivity contribution in [3.63, 3.8) is 0 Å². The fraction of sp³-hybridized carbons (Fsp3) is 0.154. The van der Waals surface area contributed by atoms with Crippen LogP contribution in [0.4, 0.5) is 18.9 Å². The van der Waals surface area contributed by atoms with Crippen LogP contribution in [-0.2, 0) is 6.18 Å². The Balaban J connectivity index is 2.02. The average Bonchev–Trinajstić information content (AvgIpc) is 3.20. The summed E-state index contributed by atoms with van der Waals surface area (Å²) in [6, 6.07) is 4.25. The van der Waals surface area contributed by atoms with Gasteiger partial charge in [0.25, 0.3) is 5.89 Å². The number of hydrogen-bond acceptors (Lipinski definition) is 7. The minimum absolute atomic E-state index is 0.0164. The number of nitrogens with zero attached hydrogens (tertiary/aromatic N) is 4. The SMILES string of the molecule is COc1n[nH]c(-c2nnc(-c3cccc(C(F)(F)F)c3)o2)c1[N+](=O)[O-]. The third-order valence-electron chi connectivity index (χ3n) is 3.16. The van der Waals surface area contributed by atoms with Crippen LogP contribution in [0.25, 0.3) is 23.0 Å². The molecule has 25 heavy (non-hydrogen) atoms. The van der Waals surface area contributed by atoms with Gasteiger partial charge < -0.3 is 9.15 Å². The summed E-state index contributed by atoms with van der Waals surface area (Å²) in [4.78, 5) is 10.4. The molecule has 0 amide bonds. The molecule has 2 aromatic heterocycles. The molecule has 0 fully saturated rings. The summed E-state index contributed by atoms with van der Waals surface area (Å²) in [7, 11) is 1.19. The largest absolute Gasteiger partial charge is 0.475 e. The molecule has 1 N–H and O–H groups in total. The molecule has 9 nitrogen and oxygen atoms in total. The Hall–Kier alpha value is -3.44. The molecule has 3 rings (SSSR count). The van der Waals surface area contributed by atoms with E-state index in [2.05, 4.69) is 20.4 Å². The van der Waals surface area contributed by atoms with E-state index in [1.165, 1.54) is 19.2 Å². The summed E-state index contributed by atoms with van der Waals surface area (Å²) < 4.78 is 48.3. The minimum atomic E-state index is -4.53. The highest BCUT2D eigenvalue weighted by molar-refractivity contribution is 5.67. The zero-order chi connectivity index (χ0) is 18.2. The fourth-order valence-corrected chi connectivity index (χ4v) is 2.05. The van der Waals surface area contributed by atoms with Crippen LogP contribution in [0.5, 0.6) is 5.88 Å². The van der Waals surface area contributed by atoms with Crippen molar-refractivity contribution in [2.75, 3.05) is 7.11 Å². The van der Waals surface area contributed by atoms with Gasteiger partial charge in [-0.05, 0) is 18.2 Å². The third kappa shape index (κ3) is 3.00. The summed E-state index contributed by atoms with van der Waals surface area (Å²) in [5.74, 6) is -0.835. The highest BCUT2D eigenvalue weighted by atomic mass is 19.4. The van der Waals surface area contributed by atoms with Gasteiger partial charge in [-0.25, -0.2) is 0 Å². The molecule has 0 radical (unpaired) electrons. The average molecular weight is 355 g/mol. The number of nitrogens with one attached hydrogen (secondary N) is 1. The summed E-state index contributed by atoms with van der Waals surface area (Å²) in [5.41, 5.74) is -1.61. The first kappa shape index (κ1) is 16.4. The van der Waals surface area contributed by atoms with E-state index < -0.39 is 22.4 Å². The lowest BCUT2D eigenvalue weighted by Gasteiger charge is -2.06. The van der Waals surface area contributed by atoms with Crippen LogP contribution in [0.2, 0.25) is 0 Å². The number of hydrogen-bond donors (Lipinski definition) is 1. The van der Waals surface area contributed by atoms with Gasteiger partial charge in [-0.15, -0.1) is 15.3 Å². The second kappa shape index (κ2) is 5.89. The molecule has 2 heterocycles. The highest BCUT2D eigenvalue weighted by Crippen LogP contribution is 2.36. The molecule has 0 saturated carbocycles. The maximum Gasteiger partial charge on any atom is 0.416 e. The first-order valence-corrected chi connectivity index (χ1v) is 6.59. The number of alkyl halides is 3. The fourth-order valence-electron chi connectivity index (χ4n) is 2.05. The molecule has 0 spiro atoms. The van der Waals surface area contributed by atoms with E-state index in [0.29, 0.717) is 0 Å². The summed E-state index contributed by atoms with van der Waals surface area (Å²) in [6.07, 6.45) is -4.53. The van der Waals surface area contributed by atoms with Crippen molar-refractivity contribution in [2.24, 2.45) is 0 Å². The molecule has 0 saturated heterocycles. The summed E-state index contributed by atoms with van der Waals surface area (Å²) >= 11 is 0. The first-order chi connectivity index (χ1) is 11.8. The Morgan fingerprint density at radius 2 is 2.00 bits per heavy atom. The Morgan fingerprint density at radius 3 is 2.64 bits per heavy atom. The van der Waals surface area contributed by atoms with Crippen LogP contribution in [0.15, 0.2) is 28.7 Å². The van der Waals surface area contributed by atoms with Crippen molar-refractivity contribution in [2.45, 2.75) is 6.18 Å². The normalized spacial score (nSPS) is 11.5. The maximum absolute atomic E-state index is 12.8. The van der Waals surface area contributed by atoms with Crippen molar-refractivity contribution in [3.05, 3.63) is 39.9 Å². The lowest BCUT2D eigenvalue weighted by atomic mass is 10.1. The topological polar surface area (TPSA) is 120 Å². The van der Waals surface area contributed by atoms with Gasteiger partial charge in [-0.1, -0.05) is 6.07 Å². The monoisotopic (exact) mass is 355 g/mol. The number of H-pyrrole nitrogens is 1. The molecule has 0 unspecified atom stereocenters. The van der Waals surface area contributed by atoms with Crippen LogP contribution in [0.3, 0.4) is 0 Å². The molecule has 130 valence electrons. The second-order valence-corrected chi connectivity index (χ2v) is 4.70. The van der Waals surface area contributed by atoms with Gasteiger partial charge in [0.2, 0.25) is 11.6 Å². The van der Waals surface area contributed by atoms with Gasteiger partial charge in [0.1, 0.15) is 0 Å². The standard InChI is InChI=1S/C13H8F3N5O4/c1-24-12-9(21(22)23)8(17-20-12)11-19-18-10(25-11)6-3-2-4-7(5-6)13(14,15)16/h2-5H,1H3,(H,17,20). The number of methoxy groups -OCH3 is 1. The number of ether oxygens (including phenoxy) is 1. The number of halogens is 3. The van der Waals surface area contributed by atoms with Crippen LogP contribution in [-0.4, -0.2) is 32.4 Å². The smallest absolute Gasteiger partial charge is 0.416 e. The Morgan fingerprint density at radius 1 is 1.28 bits per heavy atom. The van der Waals surface area contributed by atoms with Gasteiger partial charge >= 0.3 is 17.7 Å². The molecule has 0 atom stereocenters. The van der Waals surface area contributed by atoms with E-state index in [1.807, 2.05) is 0 Å². The molecule has 0 aliphatic rings. The van der Waals surface area contributed by atoms with Gasteiger partial charge in [-0.2, -0.15) is 13.2 Å². The number of benzene rings is 1. The van der Waals surface area contributed by atoms with E-state index in [0.717, 1.165) is 12.1 Å². The Bertz CT molecular complexity index is 934. The molecule has 0 aliphatic carbocycles. The van der Waals surface area contributed by atoms with Gasteiger partial charge in [0.05, 0.1) is 17.6 Å². The number of aromatic nitrogens is 4. The molecular weight excluding hydrogens is 347 g/mol. The van der Waals surface area contributed by atoms with Gasteiger partial charge in [0, 0.05) is 5.56 Å². The lowest BCUT2D eigenvalue weighted by molar-refractivity contribution is -0.385. The predicted octanol–water partition coefficient (Wildman–Crippen LogP) is 3.06. The predicted molar refractivity (Wildman–Crippen MR) is 75.5 cm³/mol. The molecular formula is C13H8F3N5O4. The first-order valence-electron chi connectivity index (χ1n) is 6.59. The summed E-state index contributed by atoms with van der Waals surface area (Å²) in [5, 5.41) is 24.3. The van der Waals surface area contributed by atoms with Crippen molar-refractivity contribution >= 4 is 5.69 Å². The van der Waals surface area contributed by atoms with Crippen LogP contribution in [0, 0.1) is 10.1 Å². The minimum Gasteiger partial charge on any atom is -0.475 e. The Labute approximate surface area is 136 Å². The van der Waals surface area contributed by atoms with E-state index in [-0.39, 0.29) is 28.9 Å². The second-order valence-electron chi connectivity index (χ2n) is 4.70. The van der Waals surface area contributed by atoms with E-state index in [9.17, 15) is 23.3 Å².